The molecule has 84 valence electrons. The summed E-state index contributed by atoms with van der Waals surface area (Å²) in [5, 5.41) is 0. The predicted octanol–water partition coefficient (Wildman–Crippen LogP) is 4.22. The molecule has 1 nitrogen and oxygen atoms in total. The van der Waals surface area contributed by atoms with Gasteiger partial charge in [-0.1, -0.05) is 43.7 Å². The van der Waals surface area contributed by atoms with Gasteiger partial charge in [-0.15, -0.1) is 0 Å². The number of aromatic nitrogens is 1. The Morgan fingerprint density at radius 2 is 1.56 bits per heavy atom. The van der Waals surface area contributed by atoms with Crippen LogP contribution in [0.15, 0.2) is 42.7 Å². The molecule has 16 heavy (non-hydrogen) atoms. The quantitative estimate of drug-likeness (QED) is 0.696. The van der Waals surface area contributed by atoms with Crippen molar-refractivity contribution >= 4 is 0 Å². The van der Waals surface area contributed by atoms with Gasteiger partial charge in [-0.25, -0.2) is 4.39 Å². The first-order chi connectivity index (χ1) is 7.75. The van der Waals surface area contributed by atoms with Crippen LogP contribution >= 0.6 is 0 Å². The van der Waals surface area contributed by atoms with Crippen molar-refractivity contribution in [3.8, 4) is 11.1 Å². The van der Waals surface area contributed by atoms with Crippen LogP contribution in [0.3, 0.4) is 0 Å². The predicted molar refractivity (Wildman–Crippen MR) is 65.7 cm³/mol. The number of aryl methyl sites for hydroxylation is 1. The molecule has 0 spiro atoms. The number of hydrogen-bond donors (Lipinski definition) is 0. The van der Waals surface area contributed by atoms with Gasteiger partial charge in [0.2, 0.25) is 0 Å². The van der Waals surface area contributed by atoms with Crippen molar-refractivity contribution in [1.29, 1.82) is 0 Å². The largest absolute Gasteiger partial charge is 0.261 e. The van der Waals surface area contributed by atoms with Gasteiger partial charge in [0.1, 0.15) is 5.82 Å². The van der Waals surface area contributed by atoms with E-state index in [-0.39, 0.29) is 5.82 Å². The van der Waals surface area contributed by atoms with Crippen LogP contribution in [0.2, 0.25) is 0 Å². The minimum atomic E-state index is -0.303. The average molecular weight is 217 g/mol. The zero-order valence-electron chi connectivity index (χ0n) is 9.87. The van der Waals surface area contributed by atoms with Gasteiger partial charge in [-0.05, 0) is 18.6 Å². The lowest BCUT2D eigenvalue weighted by atomic mass is 10.1. The van der Waals surface area contributed by atoms with E-state index >= 15 is 0 Å². The Morgan fingerprint density at radius 3 is 2.12 bits per heavy atom. The third kappa shape index (κ3) is 3.16. The molecule has 2 aromatic rings. The molecule has 0 aliphatic rings. The first kappa shape index (κ1) is 12.4. The molecule has 0 fully saturated rings. The summed E-state index contributed by atoms with van der Waals surface area (Å²) >= 11 is 0. The Morgan fingerprint density at radius 1 is 0.938 bits per heavy atom. The molecule has 0 saturated heterocycles. The number of rotatable bonds is 1. The number of pyridine rings is 1. The van der Waals surface area contributed by atoms with Gasteiger partial charge < -0.3 is 0 Å². The molecule has 0 aliphatic carbocycles. The van der Waals surface area contributed by atoms with Gasteiger partial charge in [0, 0.05) is 11.8 Å². The SMILES string of the molecule is CC.Cc1ccc(-c2cncc(F)c2)cc1. The average Bonchev–Trinajstić information content (AvgIpc) is 2.32. The standard InChI is InChI=1S/C12H10FN.C2H6/c1-9-2-4-10(5-3-9)11-6-12(13)8-14-7-11;1-2/h2-8H,1H3;1-2H3. The molecule has 0 amide bonds. The Hall–Kier alpha value is -1.70. The van der Waals surface area contributed by atoms with Crippen LogP contribution in [-0.2, 0) is 0 Å². The normalized spacial score (nSPS) is 9.25. The zero-order valence-corrected chi connectivity index (χ0v) is 9.87. The molecular weight excluding hydrogens is 201 g/mol. The molecule has 2 heteroatoms. The topological polar surface area (TPSA) is 12.9 Å². The van der Waals surface area contributed by atoms with Crippen molar-refractivity contribution in [2.45, 2.75) is 20.8 Å². The van der Waals surface area contributed by atoms with Gasteiger partial charge in [-0.3, -0.25) is 4.98 Å². The minimum Gasteiger partial charge on any atom is -0.261 e. The van der Waals surface area contributed by atoms with Crippen LogP contribution in [0.25, 0.3) is 11.1 Å². The van der Waals surface area contributed by atoms with E-state index in [4.69, 9.17) is 0 Å². The first-order valence-corrected chi connectivity index (χ1v) is 5.43. The van der Waals surface area contributed by atoms with Crippen LogP contribution in [0, 0.1) is 12.7 Å². The van der Waals surface area contributed by atoms with Crippen LogP contribution in [0.4, 0.5) is 4.39 Å². The molecule has 0 N–H and O–H groups in total. The summed E-state index contributed by atoms with van der Waals surface area (Å²) in [6.45, 7) is 6.02. The van der Waals surface area contributed by atoms with Crippen molar-refractivity contribution in [1.82, 2.24) is 4.98 Å². The molecule has 0 saturated carbocycles. The molecule has 2 rings (SSSR count). The molecule has 0 bridgehead atoms. The maximum absolute atomic E-state index is 12.9. The lowest BCUT2D eigenvalue weighted by Gasteiger charge is -2.01. The van der Waals surface area contributed by atoms with Gasteiger partial charge in [0.25, 0.3) is 0 Å². The number of benzene rings is 1. The van der Waals surface area contributed by atoms with E-state index in [1.807, 2.05) is 45.0 Å². The number of halogens is 1. The van der Waals surface area contributed by atoms with E-state index in [9.17, 15) is 4.39 Å². The van der Waals surface area contributed by atoms with Crippen LogP contribution in [0.1, 0.15) is 19.4 Å². The number of hydrogen-bond acceptors (Lipinski definition) is 1. The van der Waals surface area contributed by atoms with E-state index < -0.39 is 0 Å². The van der Waals surface area contributed by atoms with E-state index in [1.165, 1.54) is 17.8 Å². The molecule has 1 aromatic heterocycles. The van der Waals surface area contributed by atoms with Crippen LogP contribution in [-0.4, -0.2) is 4.98 Å². The Balaban J connectivity index is 0.000000606. The highest BCUT2D eigenvalue weighted by Gasteiger charge is 1.98. The smallest absolute Gasteiger partial charge is 0.142 e. The van der Waals surface area contributed by atoms with Gasteiger partial charge in [0.05, 0.1) is 6.20 Å². The Labute approximate surface area is 96.0 Å². The fraction of sp³-hybridized carbons (Fsp3) is 0.214. The molecule has 1 aromatic carbocycles. The molecule has 0 radical (unpaired) electrons. The maximum atomic E-state index is 12.9. The summed E-state index contributed by atoms with van der Waals surface area (Å²) in [7, 11) is 0. The van der Waals surface area contributed by atoms with Crippen LogP contribution in [0.5, 0.6) is 0 Å². The van der Waals surface area contributed by atoms with E-state index in [0.717, 1.165) is 11.1 Å². The van der Waals surface area contributed by atoms with Crippen molar-refractivity contribution in [2.24, 2.45) is 0 Å². The van der Waals surface area contributed by atoms with E-state index in [1.54, 1.807) is 6.20 Å². The molecule has 0 unspecified atom stereocenters. The summed E-state index contributed by atoms with van der Waals surface area (Å²) in [5.41, 5.74) is 2.99. The minimum absolute atomic E-state index is 0.303. The fourth-order valence-electron chi connectivity index (χ4n) is 1.32. The van der Waals surface area contributed by atoms with Crippen molar-refractivity contribution in [3.05, 3.63) is 54.1 Å². The first-order valence-electron chi connectivity index (χ1n) is 5.43. The second-order valence-corrected chi connectivity index (χ2v) is 3.26. The van der Waals surface area contributed by atoms with Crippen LogP contribution < -0.4 is 0 Å². The third-order valence-electron chi connectivity index (χ3n) is 2.09. The maximum Gasteiger partial charge on any atom is 0.142 e. The zero-order chi connectivity index (χ0) is 12.0. The van der Waals surface area contributed by atoms with E-state index in [2.05, 4.69) is 4.98 Å². The third-order valence-corrected chi connectivity index (χ3v) is 2.09. The second-order valence-electron chi connectivity index (χ2n) is 3.26. The monoisotopic (exact) mass is 217 g/mol. The van der Waals surface area contributed by atoms with Gasteiger partial charge in [-0.2, -0.15) is 0 Å². The highest BCUT2D eigenvalue weighted by molar-refractivity contribution is 5.62. The summed E-state index contributed by atoms with van der Waals surface area (Å²) < 4.78 is 12.9. The van der Waals surface area contributed by atoms with Gasteiger partial charge in [0.15, 0.2) is 0 Å². The highest BCUT2D eigenvalue weighted by Crippen LogP contribution is 2.19. The fourth-order valence-corrected chi connectivity index (χ4v) is 1.32. The summed E-state index contributed by atoms with van der Waals surface area (Å²) in [6.07, 6.45) is 2.87. The van der Waals surface area contributed by atoms with Crippen molar-refractivity contribution in [2.75, 3.05) is 0 Å². The Kier molecular flexibility index (Phi) is 4.65. The van der Waals surface area contributed by atoms with Crippen molar-refractivity contribution < 1.29 is 4.39 Å². The molecular formula is C14H16FN. The lowest BCUT2D eigenvalue weighted by molar-refractivity contribution is 0.622. The molecule has 0 atom stereocenters. The summed E-state index contributed by atoms with van der Waals surface area (Å²) in [6, 6.07) is 9.41. The second kappa shape index (κ2) is 6.01. The summed E-state index contributed by atoms with van der Waals surface area (Å²) in [5.74, 6) is -0.303. The number of nitrogens with zero attached hydrogens (tertiary/aromatic N) is 1. The highest BCUT2D eigenvalue weighted by atomic mass is 19.1. The van der Waals surface area contributed by atoms with Crippen molar-refractivity contribution in [3.63, 3.8) is 0 Å². The Bertz CT molecular complexity index is 435. The molecule has 1 heterocycles. The summed E-state index contributed by atoms with van der Waals surface area (Å²) in [4.78, 5) is 3.81. The molecule has 0 aliphatic heterocycles. The van der Waals surface area contributed by atoms with Gasteiger partial charge >= 0.3 is 0 Å². The van der Waals surface area contributed by atoms with E-state index in [0.29, 0.717) is 0 Å². The lowest BCUT2D eigenvalue weighted by Crippen LogP contribution is -1.82.